The molecular weight excluding hydrogens is 571 g/mol. The second-order valence-electron chi connectivity index (χ2n) is 11.9. The normalized spacial score (nSPS) is 11.4. The zero-order valence-corrected chi connectivity index (χ0v) is 25.4. The molecular formula is C44H27N3. The molecule has 3 nitrogen and oxygen atoms in total. The van der Waals surface area contributed by atoms with E-state index in [4.69, 9.17) is 4.98 Å². The Morgan fingerprint density at radius 3 is 1.66 bits per heavy atom. The Labute approximate surface area is 272 Å². The minimum Gasteiger partial charge on any atom is -0.292 e. The summed E-state index contributed by atoms with van der Waals surface area (Å²) in [5.41, 5.74) is 9.16. The predicted molar refractivity (Wildman–Crippen MR) is 195 cm³/mol. The first-order chi connectivity index (χ1) is 23.3. The molecule has 0 aliphatic rings. The Morgan fingerprint density at radius 2 is 1.00 bits per heavy atom. The maximum absolute atomic E-state index is 9.59. The van der Waals surface area contributed by atoms with Gasteiger partial charge in [-0.15, -0.1) is 0 Å². The number of fused-ring (bicyclic) bond motifs is 6. The first-order valence-electron chi connectivity index (χ1n) is 15.8. The summed E-state index contributed by atoms with van der Waals surface area (Å²) in [6.45, 7) is 0. The van der Waals surface area contributed by atoms with Crippen molar-refractivity contribution in [1.29, 1.82) is 5.26 Å². The van der Waals surface area contributed by atoms with Gasteiger partial charge in [-0.05, 0) is 103 Å². The Balaban J connectivity index is 1.30. The van der Waals surface area contributed by atoms with E-state index in [9.17, 15) is 5.26 Å². The van der Waals surface area contributed by atoms with Crippen LogP contribution in [0.2, 0.25) is 0 Å². The van der Waals surface area contributed by atoms with Crippen molar-refractivity contribution >= 4 is 43.4 Å². The summed E-state index contributed by atoms with van der Waals surface area (Å²) in [6, 6.07) is 59.9. The van der Waals surface area contributed by atoms with E-state index in [1.54, 1.807) is 0 Å². The number of nitriles is 1. The molecule has 0 radical (unpaired) electrons. The summed E-state index contributed by atoms with van der Waals surface area (Å²) in [6.07, 6.45) is 0. The topological polar surface area (TPSA) is 41.6 Å². The van der Waals surface area contributed by atoms with Crippen molar-refractivity contribution in [2.45, 2.75) is 0 Å². The van der Waals surface area contributed by atoms with Gasteiger partial charge >= 0.3 is 0 Å². The molecule has 0 fully saturated rings. The Morgan fingerprint density at radius 1 is 0.447 bits per heavy atom. The van der Waals surface area contributed by atoms with Gasteiger partial charge in [0.15, 0.2) is 0 Å². The highest BCUT2D eigenvalue weighted by atomic mass is 15.1. The summed E-state index contributed by atoms with van der Waals surface area (Å²) >= 11 is 0. The molecule has 8 aromatic carbocycles. The molecule has 0 spiro atoms. The minimum absolute atomic E-state index is 0.598. The lowest BCUT2D eigenvalue weighted by atomic mass is 9.87. The standard InChI is InChI=1S/C44H27N3/c45-28-29-22-23-43-42(24-29)46-44(47(43)33-16-5-2-6-17-33)32-15-11-14-31(25-32)39-27-41-36-20-9-7-18-34(36)38(30-12-3-1-4-13-30)26-40(41)37-21-10-8-19-35(37)39/h1-27H. The second kappa shape index (κ2) is 10.8. The maximum atomic E-state index is 9.59. The van der Waals surface area contributed by atoms with Crippen LogP contribution >= 0.6 is 0 Å². The van der Waals surface area contributed by atoms with Gasteiger partial charge in [0, 0.05) is 11.3 Å². The molecule has 0 N–H and O–H groups in total. The number of para-hydroxylation sites is 1. The van der Waals surface area contributed by atoms with Crippen LogP contribution in [-0.2, 0) is 0 Å². The third-order valence-electron chi connectivity index (χ3n) is 9.20. The lowest BCUT2D eigenvalue weighted by molar-refractivity contribution is 1.10. The molecule has 0 aliphatic heterocycles. The number of aromatic nitrogens is 2. The van der Waals surface area contributed by atoms with Crippen molar-refractivity contribution < 1.29 is 0 Å². The molecule has 9 aromatic rings. The zero-order chi connectivity index (χ0) is 31.3. The Hall–Kier alpha value is -6.50. The van der Waals surface area contributed by atoms with E-state index in [0.717, 1.165) is 33.7 Å². The number of imidazole rings is 1. The molecule has 47 heavy (non-hydrogen) atoms. The van der Waals surface area contributed by atoms with E-state index in [1.165, 1.54) is 49.0 Å². The molecule has 0 saturated carbocycles. The van der Waals surface area contributed by atoms with E-state index < -0.39 is 0 Å². The third-order valence-corrected chi connectivity index (χ3v) is 9.20. The summed E-state index contributed by atoms with van der Waals surface area (Å²) in [5.74, 6) is 0.839. The van der Waals surface area contributed by atoms with Crippen LogP contribution in [0.15, 0.2) is 164 Å². The van der Waals surface area contributed by atoms with Gasteiger partial charge in [0.1, 0.15) is 5.82 Å². The number of hydrogen-bond acceptors (Lipinski definition) is 2. The van der Waals surface area contributed by atoms with E-state index in [2.05, 4.69) is 138 Å². The van der Waals surface area contributed by atoms with E-state index >= 15 is 0 Å². The van der Waals surface area contributed by atoms with Crippen LogP contribution in [0.5, 0.6) is 0 Å². The van der Waals surface area contributed by atoms with E-state index in [1.807, 2.05) is 36.4 Å². The largest absolute Gasteiger partial charge is 0.292 e. The summed E-state index contributed by atoms with van der Waals surface area (Å²) in [7, 11) is 0. The molecule has 0 saturated heterocycles. The molecule has 0 atom stereocenters. The fraction of sp³-hybridized carbons (Fsp3) is 0. The van der Waals surface area contributed by atoms with E-state index in [-0.39, 0.29) is 0 Å². The van der Waals surface area contributed by atoms with Gasteiger partial charge in [-0.25, -0.2) is 4.98 Å². The van der Waals surface area contributed by atoms with Crippen LogP contribution in [0, 0.1) is 11.3 Å². The zero-order valence-electron chi connectivity index (χ0n) is 25.4. The van der Waals surface area contributed by atoms with Gasteiger partial charge in [0.05, 0.1) is 22.7 Å². The van der Waals surface area contributed by atoms with Crippen molar-refractivity contribution in [3.63, 3.8) is 0 Å². The van der Waals surface area contributed by atoms with Crippen LogP contribution in [-0.4, -0.2) is 9.55 Å². The molecule has 0 aliphatic carbocycles. The number of benzene rings is 8. The van der Waals surface area contributed by atoms with Gasteiger partial charge in [-0.3, -0.25) is 4.57 Å². The van der Waals surface area contributed by atoms with Gasteiger partial charge in [0.25, 0.3) is 0 Å². The van der Waals surface area contributed by atoms with Gasteiger partial charge in [-0.2, -0.15) is 5.26 Å². The van der Waals surface area contributed by atoms with Crippen LogP contribution < -0.4 is 0 Å². The lowest BCUT2D eigenvalue weighted by Gasteiger charge is -2.16. The molecule has 1 aromatic heterocycles. The van der Waals surface area contributed by atoms with Crippen molar-refractivity contribution in [2.24, 2.45) is 0 Å². The average molecular weight is 598 g/mol. The first kappa shape index (κ1) is 26.9. The first-order valence-corrected chi connectivity index (χ1v) is 15.8. The monoisotopic (exact) mass is 597 g/mol. The average Bonchev–Trinajstić information content (AvgIpc) is 3.54. The quantitative estimate of drug-likeness (QED) is 0.189. The van der Waals surface area contributed by atoms with Crippen LogP contribution in [0.1, 0.15) is 5.56 Å². The highest BCUT2D eigenvalue weighted by Gasteiger charge is 2.18. The van der Waals surface area contributed by atoms with Gasteiger partial charge in [-0.1, -0.05) is 115 Å². The summed E-state index contributed by atoms with van der Waals surface area (Å²) in [5, 5.41) is 17.0. The highest BCUT2D eigenvalue weighted by molar-refractivity contribution is 6.23. The van der Waals surface area contributed by atoms with Crippen molar-refractivity contribution in [1.82, 2.24) is 9.55 Å². The number of hydrogen-bond donors (Lipinski definition) is 0. The fourth-order valence-electron chi connectivity index (χ4n) is 7.05. The summed E-state index contributed by atoms with van der Waals surface area (Å²) < 4.78 is 2.19. The number of rotatable bonds is 4. The van der Waals surface area contributed by atoms with Crippen molar-refractivity contribution in [2.75, 3.05) is 0 Å². The minimum atomic E-state index is 0.598. The molecule has 3 heteroatoms. The van der Waals surface area contributed by atoms with Crippen LogP contribution in [0.4, 0.5) is 0 Å². The van der Waals surface area contributed by atoms with E-state index in [0.29, 0.717) is 5.56 Å². The maximum Gasteiger partial charge on any atom is 0.145 e. The van der Waals surface area contributed by atoms with Crippen LogP contribution in [0.3, 0.4) is 0 Å². The second-order valence-corrected chi connectivity index (χ2v) is 11.9. The van der Waals surface area contributed by atoms with Gasteiger partial charge in [0.2, 0.25) is 0 Å². The molecule has 9 rings (SSSR count). The Bertz CT molecular complexity index is 2680. The van der Waals surface area contributed by atoms with Crippen molar-refractivity contribution in [3.8, 4) is 45.4 Å². The van der Waals surface area contributed by atoms with Crippen LogP contribution in [0.25, 0.3) is 82.7 Å². The third kappa shape index (κ3) is 4.39. The lowest BCUT2D eigenvalue weighted by Crippen LogP contribution is -1.97. The predicted octanol–water partition coefficient (Wildman–Crippen LogP) is 11.4. The molecule has 1 heterocycles. The smallest absolute Gasteiger partial charge is 0.145 e. The highest BCUT2D eigenvalue weighted by Crippen LogP contribution is 2.42. The molecule has 218 valence electrons. The van der Waals surface area contributed by atoms with Crippen molar-refractivity contribution in [3.05, 3.63) is 169 Å². The number of nitrogens with zero attached hydrogens (tertiary/aromatic N) is 3. The SMILES string of the molecule is N#Cc1ccc2c(c1)nc(-c1cccc(-c3cc4c5ccccc5c(-c5ccccc5)cc4c4ccccc34)c1)n2-c1ccccc1. The molecule has 0 amide bonds. The van der Waals surface area contributed by atoms with Gasteiger partial charge < -0.3 is 0 Å². The molecule has 0 unspecified atom stereocenters. The Kier molecular flexibility index (Phi) is 6.19. The summed E-state index contributed by atoms with van der Waals surface area (Å²) in [4.78, 5) is 5.11. The fourth-order valence-corrected chi connectivity index (χ4v) is 7.05. The molecule has 0 bridgehead atoms.